The first-order valence-corrected chi connectivity index (χ1v) is 10.7. The van der Waals surface area contributed by atoms with E-state index in [-0.39, 0.29) is 45.0 Å². The van der Waals surface area contributed by atoms with Gasteiger partial charge in [-0.2, -0.15) is 0 Å². The fourth-order valence-corrected chi connectivity index (χ4v) is 4.57. The van der Waals surface area contributed by atoms with Crippen LogP contribution in [0.4, 0.5) is 17.1 Å². The van der Waals surface area contributed by atoms with Gasteiger partial charge in [-0.25, -0.2) is 4.98 Å². The van der Waals surface area contributed by atoms with E-state index in [0.29, 0.717) is 16.6 Å². The molecule has 1 aliphatic carbocycles. The van der Waals surface area contributed by atoms with Gasteiger partial charge in [-0.1, -0.05) is 54.6 Å². The van der Waals surface area contributed by atoms with Crippen molar-refractivity contribution >= 4 is 50.4 Å². The van der Waals surface area contributed by atoms with E-state index in [0.717, 1.165) is 5.39 Å². The van der Waals surface area contributed by atoms with Crippen LogP contribution in [0.15, 0.2) is 78.9 Å². The number of para-hydroxylation sites is 1. The number of carbonyl (C=O) groups is 2. The van der Waals surface area contributed by atoms with E-state index in [1.807, 2.05) is 12.1 Å². The molecule has 0 spiro atoms. The largest absolute Gasteiger partial charge is 0.502 e. The van der Waals surface area contributed by atoms with Gasteiger partial charge in [0.2, 0.25) is 5.75 Å². The minimum Gasteiger partial charge on any atom is -0.502 e. The summed E-state index contributed by atoms with van der Waals surface area (Å²) in [5.74, 6) is -1.20. The highest BCUT2D eigenvalue weighted by Gasteiger charge is 2.32. The molecule has 1 heterocycles. The van der Waals surface area contributed by atoms with Gasteiger partial charge < -0.3 is 10.4 Å². The molecule has 0 aliphatic heterocycles. The van der Waals surface area contributed by atoms with Gasteiger partial charge in [0, 0.05) is 22.1 Å². The van der Waals surface area contributed by atoms with Crippen LogP contribution in [0, 0.1) is 10.1 Å². The standard InChI is InChI=1S/C27H15N3O5/c31-25-15-7-2-3-8-16(15)26(32)23-17(25)9-5-11-20(23)29-22-13-21-18(27(33)24(22)30(34)35)12-14-6-1-4-10-19(14)28-21/h1-13,29,33H. The molecule has 2 N–H and O–H groups in total. The van der Waals surface area contributed by atoms with Crippen molar-refractivity contribution in [1.29, 1.82) is 0 Å². The zero-order valence-corrected chi connectivity index (χ0v) is 18.0. The van der Waals surface area contributed by atoms with Crippen molar-refractivity contribution in [3.8, 4) is 5.75 Å². The second-order valence-corrected chi connectivity index (χ2v) is 8.18. The van der Waals surface area contributed by atoms with Crippen molar-refractivity contribution in [2.75, 3.05) is 5.32 Å². The van der Waals surface area contributed by atoms with Crippen LogP contribution < -0.4 is 5.32 Å². The van der Waals surface area contributed by atoms with E-state index in [1.165, 1.54) is 6.07 Å². The number of hydrogen-bond donors (Lipinski definition) is 2. The van der Waals surface area contributed by atoms with Crippen LogP contribution in [0.2, 0.25) is 0 Å². The number of phenols is 1. The molecule has 0 atom stereocenters. The van der Waals surface area contributed by atoms with Gasteiger partial charge in [0.15, 0.2) is 11.6 Å². The van der Waals surface area contributed by atoms with Crippen molar-refractivity contribution in [2.45, 2.75) is 0 Å². The summed E-state index contributed by atoms with van der Waals surface area (Å²) in [4.78, 5) is 42.2. The average molecular weight is 461 g/mol. The lowest BCUT2D eigenvalue weighted by molar-refractivity contribution is -0.384. The molecule has 1 aromatic heterocycles. The van der Waals surface area contributed by atoms with Crippen molar-refractivity contribution < 1.29 is 19.6 Å². The summed E-state index contributed by atoms with van der Waals surface area (Å²) >= 11 is 0. The summed E-state index contributed by atoms with van der Waals surface area (Å²) in [6.07, 6.45) is 0. The van der Waals surface area contributed by atoms with Crippen molar-refractivity contribution in [2.24, 2.45) is 0 Å². The van der Waals surface area contributed by atoms with E-state index in [1.54, 1.807) is 60.7 Å². The second kappa shape index (κ2) is 7.46. The Morgan fingerprint density at radius 3 is 2.23 bits per heavy atom. The molecular formula is C27H15N3O5. The molecule has 6 rings (SSSR count). The second-order valence-electron chi connectivity index (χ2n) is 8.18. The number of anilines is 2. The summed E-state index contributed by atoms with van der Waals surface area (Å²) in [7, 11) is 0. The van der Waals surface area contributed by atoms with E-state index < -0.39 is 16.4 Å². The maximum absolute atomic E-state index is 13.3. The lowest BCUT2D eigenvalue weighted by Crippen LogP contribution is -2.22. The zero-order chi connectivity index (χ0) is 24.3. The average Bonchev–Trinajstić information content (AvgIpc) is 2.86. The predicted octanol–water partition coefficient (Wildman–Crippen LogP) is 5.52. The van der Waals surface area contributed by atoms with Gasteiger partial charge in [-0.3, -0.25) is 19.7 Å². The van der Waals surface area contributed by atoms with Crippen LogP contribution in [-0.2, 0) is 0 Å². The SMILES string of the molecule is O=C1c2ccccc2C(=O)c2c(Nc3cc4nc5ccccc5cc4c(O)c3[N+](=O)[O-])cccc21. The number of fused-ring (bicyclic) bond motifs is 4. The molecule has 0 radical (unpaired) electrons. The number of aromatic hydroxyl groups is 1. The lowest BCUT2D eigenvalue weighted by Gasteiger charge is -2.21. The molecular weight excluding hydrogens is 446 g/mol. The first kappa shape index (κ1) is 20.5. The lowest BCUT2D eigenvalue weighted by atomic mass is 9.83. The van der Waals surface area contributed by atoms with Crippen LogP contribution in [0.5, 0.6) is 5.75 Å². The van der Waals surface area contributed by atoms with E-state index in [9.17, 15) is 24.8 Å². The van der Waals surface area contributed by atoms with Crippen molar-refractivity contribution in [3.63, 3.8) is 0 Å². The van der Waals surface area contributed by atoms with Gasteiger partial charge in [0.1, 0.15) is 5.69 Å². The number of hydrogen-bond acceptors (Lipinski definition) is 7. The Morgan fingerprint density at radius 2 is 1.46 bits per heavy atom. The molecule has 0 amide bonds. The molecule has 0 unspecified atom stereocenters. The number of aromatic nitrogens is 1. The highest BCUT2D eigenvalue weighted by Crippen LogP contribution is 2.43. The third-order valence-electron chi connectivity index (χ3n) is 6.17. The Balaban J connectivity index is 1.56. The Hall–Kier alpha value is -5.11. The molecule has 0 saturated heterocycles. The van der Waals surface area contributed by atoms with E-state index in [2.05, 4.69) is 10.3 Å². The summed E-state index contributed by atoms with van der Waals surface area (Å²) in [6.45, 7) is 0. The van der Waals surface area contributed by atoms with Crippen LogP contribution in [0.25, 0.3) is 21.8 Å². The van der Waals surface area contributed by atoms with Gasteiger partial charge >= 0.3 is 5.69 Å². The Kier molecular flexibility index (Phi) is 4.37. The van der Waals surface area contributed by atoms with Crippen LogP contribution in [-0.4, -0.2) is 26.6 Å². The highest BCUT2D eigenvalue weighted by molar-refractivity contribution is 6.30. The molecule has 8 nitrogen and oxygen atoms in total. The normalized spacial score (nSPS) is 12.5. The number of nitrogens with zero attached hydrogens (tertiary/aromatic N) is 2. The quantitative estimate of drug-likeness (QED) is 0.202. The zero-order valence-electron chi connectivity index (χ0n) is 18.0. The molecule has 0 fully saturated rings. The molecule has 35 heavy (non-hydrogen) atoms. The molecule has 4 aromatic carbocycles. The number of ketones is 2. The fourth-order valence-electron chi connectivity index (χ4n) is 4.57. The fraction of sp³-hybridized carbons (Fsp3) is 0. The smallest absolute Gasteiger partial charge is 0.334 e. The summed E-state index contributed by atoms with van der Waals surface area (Å²) < 4.78 is 0. The van der Waals surface area contributed by atoms with Crippen LogP contribution >= 0.6 is 0 Å². The third-order valence-corrected chi connectivity index (χ3v) is 6.17. The minimum atomic E-state index is -0.691. The monoisotopic (exact) mass is 461 g/mol. The number of nitrogens with one attached hydrogen (secondary N) is 1. The number of nitro groups is 1. The van der Waals surface area contributed by atoms with Gasteiger partial charge in [-0.15, -0.1) is 0 Å². The number of nitro benzene ring substituents is 1. The molecule has 5 aromatic rings. The van der Waals surface area contributed by atoms with Crippen LogP contribution in [0.1, 0.15) is 31.8 Å². The number of pyridine rings is 1. The van der Waals surface area contributed by atoms with Gasteiger partial charge in [0.25, 0.3) is 0 Å². The molecule has 8 heteroatoms. The Labute approximate surface area is 197 Å². The summed E-state index contributed by atoms with van der Waals surface area (Å²) in [5, 5.41) is 26.7. The Bertz CT molecular complexity index is 1760. The molecule has 0 bridgehead atoms. The third kappa shape index (κ3) is 3.04. The first-order chi connectivity index (χ1) is 16.9. The molecule has 168 valence electrons. The van der Waals surface area contributed by atoms with E-state index >= 15 is 0 Å². The topological polar surface area (TPSA) is 122 Å². The van der Waals surface area contributed by atoms with Crippen LogP contribution in [0.3, 0.4) is 0 Å². The highest BCUT2D eigenvalue weighted by atomic mass is 16.6. The van der Waals surface area contributed by atoms with E-state index in [4.69, 9.17) is 0 Å². The number of benzene rings is 4. The Morgan fingerprint density at radius 1 is 0.771 bits per heavy atom. The maximum Gasteiger partial charge on any atom is 0.334 e. The minimum absolute atomic E-state index is 0.0460. The number of rotatable bonds is 3. The van der Waals surface area contributed by atoms with Crippen molar-refractivity contribution in [3.05, 3.63) is 111 Å². The number of phenolic OH excluding ortho intramolecular Hbond substituents is 1. The number of carbonyl (C=O) groups excluding carboxylic acids is 2. The maximum atomic E-state index is 13.3. The molecule has 1 aliphatic rings. The van der Waals surface area contributed by atoms with Gasteiger partial charge in [0.05, 0.1) is 32.6 Å². The molecule has 0 saturated carbocycles. The van der Waals surface area contributed by atoms with Crippen molar-refractivity contribution in [1.82, 2.24) is 4.98 Å². The predicted molar refractivity (Wildman–Crippen MR) is 131 cm³/mol. The van der Waals surface area contributed by atoms with Gasteiger partial charge in [-0.05, 0) is 24.3 Å². The summed E-state index contributed by atoms with van der Waals surface area (Å²) in [6, 6.07) is 21.6. The first-order valence-electron chi connectivity index (χ1n) is 10.7. The summed E-state index contributed by atoms with van der Waals surface area (Å²) in [5.41, 5.74) is 1.53.